The molecule has 0 fully saturated rings. The molecule has 0 spiro atoms. The van der Waals surface area contributed by atoms with Gasteiger partial charge in [-0.3, -0.25) is 0 Å². The van der Waals surface area contributed by atoms with Gasteiger partial charge < -0.3 is 0 Å². The molecule has 0 aliphatic heterocycles. The fourth-order valence-electron chi connectivity index (χ4n) is 2.01. The van der Waals surface area contributed by atoms with Crippen LogP contribution in [0.5, 0.6) is 0 Å². The van der Waals surface area contributed by atoms with Crippen LogP contribution in [0.3, 0.4) is 0 Å². The maximum atomic E-state index is 11.4. The van der Waals surface area contributed by atoms with Gasteiger partial charge in [0.2, 0.25) is 0 Å². The van der Waals surface area contributed by atoms with E-state index in [0.717, 1.165) is 18.4 Å². The van der Waals surface area contributed by atoms with Gasteiger partial charge in [-0.25, -0.2) is 0 Å². The van der Waals surface area contributed by atoms with Crippen molar-refractivity contribution >= 4 is 16.7 Å². The van der Waals surface area contributed by atoms with Crippen molar-refractivity contribution in [2.45, 2.75) is 32.7 Å². The minimum atomic E-state index is -0.193. The van der Waals surface area contributed by atoms with Crippen LogP contribution in [0.15, 0.2) is 42.5 Å². The molecule has 2 aromatic rings. The molecule has 99 valence electrons. The highest BCUT2D eigenvalue weighted by Crippen LogP contribution is 2.18. The molecule has 3 nitrogen and oxygen atoms in total. The third-order valence-electron chi connectivity index (χ3n) is 3.06. The molecule has 0 atom stereocenters. The molecular weight excluding hydrogens is 238 g/mol. The predicted molar refractivity (Wildman–Crippen MR) is 76.4 cm³/mol. The summed E-state index contributed by atoms with van der Waals surface area (Å²) in [7, 11) is 0. The second-order valence-electron chi connectivity index (χ2n) is 4.54. The Bertz CT molecular complexity index is 546. The molecule has 2 rings (SSSR count). The number of rotatable bonds is 6. The summed E-state index contributed by atoms with van der Waals surface area (Å²) >= 11 is 0. The van der Waals surface area contributed by atoms with Crippen molar-refractivity contribution < 1.29 is 9.63 Å². The molecule has 3 heteroatoms. The zero-order chi connectivity index (χ0) is 13.5. The standard InChI is InChI=1S/C16H19NO2/c1-2-3-11-16(18)19-17-12-14-9-6-8-13-7-4-5-10-15(13)14/h4-10,17H,2-3,11-12H2,1H3/q+1. The number of benzene rings is 2. The van der Waals surface area contributed by atoms with Crippen LogP contribution in [-0.4, -0.2) is 5.97 Å². The molecule has 0 aromatic heterocycles. The summed E-state index contributed by atoms with van der Waals surface area (Å²) in [5.74, 6) is -0.193. The van der Waals surface area contributed by atoms with Crippen LogP contribution in [0.25, 0.3) is 10.8 Å². The van der Waals surface area contributed by atoms with Gasteiger partial charge in [0.15, 0.2) is 0 Å². The average molecular weight is 257 g/mol. The van der Waals surface area contributed by atoms with Gasteiger partial charge in [0.25, 0.3) is 0 Å². The van der Waals surface area contributed by atoms with Gasteiger partial charge in [0.05, 0.1) is 11.3 Å². The first-order valence-corrected chi connectivity index (χ1v) is 6.70. The first kappa shape index (κ1) is 13.6. The summed E-state index contributed by atoms with van der Waals surface area (Å²) < 4.78 is 0. The predicted octanol–water partition coefficient (Wildman–Crippen LogP) is 3.58. The summed E-state index contributed by atoms with van der Waals surface area (Å²) in [5, 5.41) is 2.38. The van der Waals surface area contributed by atoms with E-state index >= 15 is 0 Å². The van der Waals surface area contributed by atoms with Crippen molar-refractivity contribution in [3.8, 4) is 0 Å². The zero-order valence-corrected chi connectivity index (χ0v) is 11.2. The Morgan fingerprint density at radius 1 is 1.16 bits per heavy atom. The average Bonchev–Trinajstić information content (AvgIpc) is 2.45. The quantitative estimate of drug-likeness (QED) is 0.635. The molecule has 0 saturated heterocycles. The van der Waals surface area contributed by atoms with Gasteiger partial charge in [-0.1, -0.05) is 55.8 Å². The molecule has 0 heterocycles. The first-order valence-electron chi connectivity index (χ1n) is 6.70. The van der Waals surface area contributed by atoms with Crippen LogP contribution in [0.4, 0.5) is 0 Å². The van der Waals surface area contributed by atoms with E-state index in [0.29, 0.717) is 13.0 Å². The monoisotopic (exact) mass is 257 g/mol. The molecule has 0 bridgehead atoms. The third kappa shape index (κ3) is 3.80. The number of unbranched alkanes of at least 4 members (excludes halogenated alkanes) is 1. The van der Waals surface area contributed by atoms with Crippen molar-refractivity contribution in [2.75, 3.05) is 0 Å². The van der Waals surface area contributed by atoms with Gasteiger partial charge in [0, 0.05) is 0 Å². The summed E-state index contributed by atoms with van der Waals surface area (Å²) in [4.78, 5) is 16.4. The van der Waals surface area contributed by atoms with Crippen molar-refractivity contribution in [3.63, 3.8) is 0 Å². The van der Waals surface area contributed by atoms with Crippen LogP contribution in [0.2, 0.25) is 0 Å². The van der Waals surface area contributed by atoms with E-state index in [1.165, 1.54) is 10.8 Å². The molecule has 0 aliphatic rings. The highest BCUT2D eigenvalue weighted by molar-refractivity contribution is 5.85. The van der Waals surface area contributed by atoms with Gasteiger partial charge in [0.1, 0.15) is 6.42 Å². The minimum absolute atomic E-state index is 0.193. The van der Waals surface area contributed by atoms with Crippen molar-refractivity contribution in [3.05, 3.63) is 48.0 Å². The van der Waals surface area contributed by atoms with Crippen LogP contribution in [0, 0.1) is 0 Å². The van der Waals surface area contributed by atoms with Crippen molar-refractivity contribution in [1.29, 1.82) is 0 Å². The zero-order valence-electron chi connectivity index (χ0n) is 11.2. The molecule has 0 unspecified atom stereocenters. The van der Waals surface area contributed by atoms with E-state index in [-0.39, 0.29) is 5.97 Å². The fourth-order valence-corrected chi connectivity index (χ4v) is 2.01. The lowest BCUT2D eigenvalue weighted by atomic mass is 10.1. The van der Waals surface area contributed by atoms with E-state index in [2.05, 4.69) is 30.6 Å². The van der Waals surface area contributed by atoms with E-state index in [1.54, 1.807) is 0 Å². The van der Waals surface area contributed by atoms with E-state index < -0.39 is 0 Å². The lowest BCUT2D eigenvalue weighted by molar-refractivity contribution is -0.151. The first-order chi connectivity index (χ1) is 9.31. The van der Waals surface area contributed by atoms with Gasteiger partial charge in [-0.2, -0.15) is 4.84 Å². The molecule has 0 aliphatic carbocycles. The number of hydroxylamine groups is 1. The van der Waals surface area contributed by atoms with Gasteiger partial charge in [-0.15, -0.1) is 0 Å². The number of hydrogen-bond acceptors (Lipinski definition) is 3. The lowest BCUT2D eigenvalue weighted by Crippen LogP contribution is -2.19. The third-order valence-corrected chi connectivity index (χ3v) is 3.06. The highest BCUT2D eigenvalue weighted by atomic mass is 16.7. The molecule has 0 amide bonds. The summed E-state index contributed by atoms with van der Waals surface area (Å²) in [5.41, 5.74) is 3.88. The SMILES string of the molecule is CCCCC(=[O+])ONCc1cccc2ccccc12. The molecule has 19 heavy (non-hydrogen) atoms. The van der Waals surface area contributed by atoms with E-state index in [4.69, 9.17) is 4.84 Å². The van der Waals surface area contributed by atoms with Crippen LogP contribution in [0.1, 0.15) is 31.7 Å². The number of hydrogen-bond donors (Lipinski definition) is 1. The largest absolute Gasteiger partial charge is 0.597 e. The second kappa shape index (κ2) is 6.90. The number of nitrogens with one attached hydrogen (secondary N) is 1. The summed E-state index contributed by atoms with van der Waals surface area (Å²) in [6.07, 6.45) is 2.34. The second-order valence-corrected chi connectivity index (χ2v) is 4.54. The Hall–Kier alpha value is -1.87. The molecule has 1 radical (unpaired) electrons. The molecular formula is C16H19NO2+. The van der Waals surface area contributed by atoms with Crippen LogP contribution in [-0.2, 0) is 16.2 Å². The Morgan fingerprint density at radius 2 is 1.95 bits per heavy atom. The Morgan fingerprint density at radius 3 is 2.79 bits per heavy atom. The van der Waals surface area contributed by atoms with E-state index in [9.17, 15) is 4.79 Å². The van der Waals surface area contributed by atoms with E-state index in [1.807, 2.05) is 24.3 Å². The van der Waals surface area contributed by atoms with Crippen molar-refractivity contribution in [1.82, 2.24) is 5.48 Å². The van der Waals surface area contributed by atoms with Gasteiger partial charge in [-0.05, 0) is 28.2 Å². The lowest BCUT2D eigenvalue weighted by Gasteiger charge is -2.04. The Balaban J connectivity index is 1.93. The molecule has 0 saturated carbocycles. The normalized spacial score (nSPS) is 10.6. The summed E-state index contributed by atoms with van der Waals surface area (Å²) in [6.45, 7) is 2.58. The van der Waals surface area contributed by atoms with Crippen LogP contribution >= 0.6 is 0 Å². The smallest absolute Gasteiger partial charge is 0.199 e. The topological polar surface area (TPSA) is 41.2 Å². The maximum absolute atomic E-state index is 11.4. The molecule has 2 aromatic carbocycles. The highest BCUT2D eigenvalue weighted by Gasteiger charge is 2.16. The van der Waals surface area contributed by atoms with Crippen molar-refractivity contribution in [2.24, 2.45) is 0 Å². The number of carbonyl (C=O) groups excluding carboxylic acids is 1. The van der Waals surface area contributed by atoms with Crippen LogP contribution < -0.4 is 5.48 Å². The number of fused-ring (bicyclic) bond motifs is 1. The fraction of sp³-hybridized carbons (Fsp3) is 0.312. The maximum Gasteiger partial charge on any atom is 0.597 e. The summed E-state index contributed by atoms with van der Waals surface area (Å²) in [6, 6.07) is 14.3. The Kier molecular flexibility index (Phi) is 4.93. The number of carbonyl (C=O) groups is 1. The molecule has 1 N–H and O–H groups in total. The Labute approximate surface area is 113 Å². The van der Waals surface area contributed by atoms with Gasteiger partial charge >= 0.3 is 5.97 Å². The minimum Gasteiger partial charge on any atom is -0.199 e.